The Balaban J connectivity index is 0.000000193. The van der Waals surface area contributed by atoms with Crippen molar-refractivity contribution in [2.45, 2.75) is 19.3 Å². The lowest BCUT2D eigenvalue weighted by Gasteiger charge is -2.11. The van der Waals surface area contributed by atoms with Crippen molar-refractivity contribution in [2.24, 2.45) is 0 Å². The van der Waals surface area contributed by atoms with Crippen LogP contribution in [0.1, 0.15) is 24.0 Å². The second-order valence-corrected chi connectivity index (χ2v) is 4.42. The van der Waals surface area contributed by atoms with E-state index in [0.717, 1.165) is 6.42 Å². The van der Waals surface area contributed by atoms with Crippen LogP contribution in [0.3, 0.4) is 0 Å². The van der Waals surface area contributed by atoms with Crippen LogP contribution in [0, 0.1) is 6.08 Å². The van der Waals surface area contributed by atoms with Gasteiger partial charge in [0.1, 0.15) is 0 Å². The maximum atomic E-state index is 2.99. The quantitative estimate of drug-likeness (QED) is 0.610. The number of hydrogen-bond acceptors (Lipinski definition) is 0. The molecule has 4 rings (SSSR count). The second kappa shape index (κ2) is 4.58. The minimum atomic E-state index is 1.08. The third kappa shape index (κ3) is 2.03. The first-order valence-electron chi connectivity index (χ1n) is 6.17. The molecule has 2 aliphatic rings. The molecule has 83 valence electrons. The zero-order valence-corrected chi connectivity index (χ0v) is 9.82. The summed E-state index contributed by atoms with van der Waals surface area (Å²) in [4.78, 5) is 0. The Bertz CT molecular complexity index is 577. The monoisotopic (exact) mass is 219 g/mol. The van der Waals surface area contributed by atoms with Crippen molar-refractivity contribution in [3.8, 4) is 0 Å². The lowest BCUT2D eigenvalue weighted by Crippen LogP contribution is -1.91. The largest absolute Gasteiger partial charge is 0.0807 e. The molecule has 0 nitrogen and oxygen atoms in total. The van der Waals surface area contributed by atoms with Gasteiger partial charge >= 0.3 is 0 Å². The van der Waals surface area contributed by atoms with Crippen LogP contribution in [0.15, 0.2) is 48.6 Å². The van der Waals surface area contributed by atoms with E-state index >= 15 is 0 Å². The molecule has 0 saturated heterocycles. The first-order chi connectivity index (χ1) is 8.45. The number of benzene rings is 2. The molecule has 0 heterocycles. The van der Waals surface area contributed by atoms with E-state index in [1.165, 1.54) is 34.7 Å². The Morgan fingerprint density at radius 1 is 1.00 bits per heavy atom. The Hall–Kier alpha value is -1.82. The zero-order chi connectivity index (χ0) is 11.5. The van der Waals surface area contributed by atoms with E-state index in [9.17, 15) is 0 Å². The molecule has 2 aromatic carbocycles. The highest BCUT2D eigenvalue weighted by Crippen LogP contribution is 2.27. The van der Waals surface area contributed by atoms with E-state index in [2.05, 4.69) is 60.7 Å². The summed E-state index contributed by atoms with van der Waals surface area (Å²) in [6.07, 6.45) is 13.0. The zero-order valence-electron chi connectivity index (χ0n) is 9.82. The Kier molecular flexibility index (Phi) is 2.79. The van der Waals surface area contributed by atoms with Crippen LogP contribution < -0.4 is 0 Å². The van der Waals surface area contributed by atoms with Crippen molar-refractivity contribution in [2.75, 3.05) is 0 Å². The molecule has 1 radical (unpaired) electrons. The fraction of sp³-hybridized carbons (Fsp3) is 0.176. The van der Waals surface area contributed by atoms with E-state index in [0.29, 0.717) is 0 Å². The van der Waals surface area contributed by atoms with Gasteiger partial charge in [-0.05, 0) is 47.2 Å². The van der Waals surface area contributed by atoms with Crippen molar-refractivity contribution >= 4 is 16.8 Å². The van der Waals surface area contributed by atoms with Crippen LogP contribution >= 0.6 is 0 Å². The van der Waals surface area contributed by atoms with Gasteiger partial charge in [-0.1, -0.05) is 54.6 Å². The molecule has 0 amide bonds. The molecule has 0 fully saturated rings. The minimum absolute atomic E-state index is 1.08. The number of allylic oxidation sites excluding steroid dienone is 3. The number of rotatable bonds is 0. The predicted octanol–water partition coefficient (Wildman–Crippen LogP) is 4.55. The molecule has 2 aliphatic carbocycles. The van der Waals surface area contributed by atoms with E-state index in [-0.39, 0.29) is 0 Å². The molecular formula is C17H15. The first-order valence-corrected chi connectivity index (χ1v) is 6.17. The Labute approximate surface area is 102 Å². The SMILES string of the molecule is C1=Cc2cccc3cccc(c23)C1.[C]1=CCC1. The van der Waals surface area contributed by atoms with Gasteiger partial charge in [0.15, 0.2) is 0 Å². The summed E-state index contributed by atoms with van der Waals surface area (Å²) in [6.45, 7) is 0. The van der Waals surface area contributed by atoms with E-state index in [1.54, 1.807) is 0 Å². The van der Waals surface area contributed by atoms with Crippen LogP contribution in [0.5, 0.6) is 0 Å². The Morgan fingerprint density at radius 3 is 2.41 bits per heavy atom. The van der Waals surface area contributed by atoms with Crippen LogP contribution in [-0.4, -0.2) is 0 Å². The van der Waals surface area contributed by atoms with Crippen LogP contribution in [0.4, 0.5) is 0 Å². The van der Waals surface area contributed by atoms with Gasteiger partial charge in [-0.15, -0.1) is 0 Å². The summed E-state index contributed by atoms with van der Waals surface area (Å²) in [6, 6.07) is 13.0. The van der Waals surface area contributed by atoms with Gasteiger partial charge in [-0.2, -0.15) is 0 Å². The highest BCUT2D eigenvalue weighted by Gasteiger charge is 2.06. The summed E-state index contributed by atoms with van der Waals surface area (Å²) in [5, 5.41) is 2.80. The van der Waals surface area contributed by atoms with Crippen LogP contribution in [0.25, 0.3) is 16.8 Å². The van der Waals surface area contributed by atoms with Crippen molar-refractivity contribution in [3.05, 3.63) is 65.8 Å². The standard InChI is InChI=1S/C13H10.C4H5/c1-4-10-6-2-8-12-9-3-7-11(5-1)13(10)12;1-2-4-3-1/h1-8H,9H2;1H,2,4H2. The first kappa shape index (κ1) is 10.3. The van der Waals surface area contributed by atoms with E-state index in [1.807, 2.05) is 0 Å². The molecule has 0 spiro atoms. The van der Waals surface area contributed by atoms with E-state index in [4.69, 9.17) is 0 Å². The van der Waals surface area contributed by atoms with Gasteiger partial charge in [0, 0.05) is 0 Å². The molecule has 0 saturated carbocycles. The molecule has 0 bridgehead atoms. The average Bonchev–Trinajstić information content (AvgIpc) is 2.28. The molecule has 0 atom stereocenters. The molecule has 0 aliphatic heterocycles. The summed E-state index contributed by atoms with van der Waals surface area (Å²) in [5.41, 5.74) is 2.81. The van der Waals surface area contributed by atoms with Gasteiger partial charge in [0.2, 0.25) is 0 Å². The predicted molar refractivity (Wildman–Crippen MR) is 73.7 cm³/mol. The fourth-order valence-electron chi connectivity index (χ4n) is 2.22. The molecule has 0 aromatic heterocycles. The van der Waals surface area contributed by atoms with Crippen molar-refractivity contribution in [1.29, 1.82) is 0 Å². The summed E-state index contributed by atoms with van der Waals surface area (Å²) in [7, 11) is 0. The van der Waals surface area contributed by atoms with Gasteiger partial charge < -0.3 is 0 Å². The average molecular weight is 219 g/mol. The van der Waals surface area contributed by atoms with Crippen molar-refractivity contribution in [1.82, 2.24) is 0 Å². The van der Waals surface area contributed by atoms with Crippen molar-refractivity contribution in [3.63, 3.8) is 0 Å². The van der Waals surface area contributed by atoms with Crippen molar-refractivity contribution < 1.29 is 0 Å². The second-order valence-electron chi connectivity index (χ2n) is 4.42. The normalized spacial score (nSPS) is 15.1. The van der Waals surface area contributed by atoms with Gasteiger partial charge in [-0.3, -0.25) is 0 Å². The minimum Gasteiger partial charge on any atom is -0.0807 e. The maximum absolute atomic E-state index is 2.99. The lowest BCUT2D eigenvalue weighted by molar-refractivity contribution is 0.928. The Morgan fingerprint density at radius 2 is 1.71 bits per heavy atom. The third-order valence-corrected chi connectivity index (χ3v) is 3.24. The summed E-state index contributed by atoms with van der Waals surface area (Å²) < 4.78 is 0. The van der Waals surface area contributed by atoms with Crippen LogP contribution in [0.2, 0.25) is 0 Å². The van der Waals surface area contributed by atoms with Gasteiger partial charge in [0.05, 0.1) is 0 Å². The van der Waals surface area contributed by atoms with Gasteiger partial charge in [0.25, 0.3) is 0 Å². The van der Waals surface area contributed by atoms with Crippen LogP contribution in [-0.2, 0) is 6.42 Å². The fourth-order valence-corrected chi connectivity index (χ4v) is 2.22. The highest BCUT2D eigenvalue weighted by molar-refractivity contribution is 5.94. The molecule has 0 N–H and O–H groups in total. The molecule has 17 heavy (non-hydrogen) atoms. The third-order valence-electron chi connectivity index (χ3n) is 3.24. The summed E-state index contributed by atoms with van der Waals surface area (Å²) in [5.74, 6) is 0. The topological polar surface area (TPSA) is 0 Å². The van der Waals surface area contributed by atoms with Gasteiger partial charge in [-0.25, -0.2) is 0 Å². The van der Waals surface area contributed by atoms with E-state index < -0.39 is 0 Å². The molecule has 2 aromatic rings. The lowest BCUT2D eigenvalue weighted by atomic mass is 9.93. The molecule has 0 unspecified atom stereocenters. The smallest absolute Gasteiger partial charge is 0.00763 e. The maximum Gasteiger partial charge on any atom is -0.00763 e. The molecular weight excluding hydrogens is 204 g/mol. The molecule has 0 heteroatoms. The highest BCUT2D eigenvalue weighted by atomic mass is 14.1. The number of hydrogen-bond donors (Lipinski definition) is 0. The summed E-state index contributed by atoms with van der Waals surface area (Å²) >= 11 is 0.